The third-order valence-electron chi connectivity index (χ3n) is 2.03. The van der Waals surface area contributed by atoms with Crippen LogP contribution >= 0.6 is 0 Å². The van der Waals surface area contributed by atoms with Gasteiger partial charge in [0.25, 0.3) is 5.91 Å². The highest BCUT2D eigenvalue weighted by Gasteiger charge is 2.15. The molecule has 1 aromatic rings. The maximum atomic E-state index is 11.8. The Balaban J connectivity index is 2.88. The molecule has 1 rings (SSSR count). The van der Waals surface area contributed by atoms with E-state index in [1.54, 1.807) is 12.1 Å². The second-order valence-corrected chi connectivity index (χ2v) is 4.78. The Morgan fingerprint density at radius 2 is 1.93 bits per heavy atom. The van der Waals surface area contributed by atoms with Crippen LogP contribution in [0.4, 0.5) is 5.69 Å². The summed E-state index contributed by atoms with van der Waals surface area (Å²) in [6.45, 7) is 7.76. The van der Waals surface area contributed by atoms with Crippen LogP contribution in [-0.4, -0.2) is 11.4 Å². The molecule has 0 aliphatic carbocycles. The Labute approximate surface area is 90.7 Å². The number of hydrogen-bond donors (Lipinski definition) is 2. The predicted molar refractivity (Wildman–Crippen MR) is 62.8 cm³/mol. The van der Waals surface area contributed by atoms with Crippen LogP contribution in [0.1, 0.15) is 36.7 Å². The molecule has 0 spiro atoms. The van der Waals surface area contributed by atoms with Gasteiger partial charge in [0.15, 0.2) is 0 Å². The zero-order valence-electron chi connectivity index (χ0n) is 9.72. The summed E-state index contributed by atoms with van der Waals surface area (Å²) in [6, 6.07) is 5.34. The molecule has 0 radical (unpaired) electrons. The molecule has 0 bridgehead atoms. The minimum atomic E-state index is -0.225. The molecule has 0 saturated carbocycles. The minimum absolute atomic E-state index is 0.0887. The van der Waals surface area contributed by atoms with Crippen LogP contribution in [0.25, 0.3) is 0 Å². The van der Waals surface area contributed by atoms with Crippen LogP contribution in [0.2, 0.25) is 0 Å². The number of hydrogen-bond acceptors (Lipinski definition) is 2. The van der Waals surface area contributed by atoms with E-state index in [1.807, 2.05) is 33.8 Å². The largest absolute Gasteiger partial charge is 0.398 e. The van der Waals surface area contributed by atoms with Gasteiger partial charge in [-0.15, -0.1) is 0 Å². The van der Waals surface area contributed by atoms with Crippen molar-refractivity contribution in [3.05, 3.63) is 29.3 Å². The van der Waals surface area contributed by atoms with E-state index in [9.17, 15) is 4.79 Å². The van der Waals surface area contributed by atoms with Gasteiger partial charge in [0.05, 0.1) is 0 Å². The second-order valence-electron chi connectivity index (χ2n) is 4.78. The van der Waals surface area contributed by atoms with Crippen molar-refractivity contribution in [1.82, 2.24) is 5.32 Å². The van der Waals surface area contributed by atoms with Crippen molar-refractivity contribution in [2.75, 3.05) is 5.73 Å². The van der Waals surface area contributed by atoms with Gasteiger partial charge in [0, 0.05) is 16.8 Å². The summed E-state index contributed by atoms with van der Waals surface area (Å²) in [5.41, 5.74) is 7.76. The average molecular weight is 206 g/mol. The molecule has 0 aliphatic rings. The molecule has 3 nitrogen and oxygen atoms in total. The van der Waals surface area contributed by atoms with E-state index < -0.39 is 0 Å². The summed E-state index contributed by atoms with van der Waals surface area (Å²) < 4.78 is 0. The molecule has 0 aromatic heterocycles. The molecule has 0 aliphatic heterocycles. The lowest BCUT2D eigenvalue weighted by Gasteiger charge is -2.20. The SMILES string of the molecule is Cc1ccc(C(=O)NC(C)(C)C)cc1N. The topological polar surface area (TPSA) is 55.1 Å². The van der Waals surface area contributed by atoms with Crippen LogP contribution in [0.15, 0.2) is 18.2 Å². The first-order valence-corrected chi connectivity index (χ1v) is 4.98. The fourth-order valence-electron chi connectivity index (χ4n) is 1.19. The zero-order valence-corrected chi connectivity index (χ0v) is 9.72. The van der Waals surface area contributed by atoms with Gasteiger partial charge in [0.1, 0.15) is 0 Å². The van der Waals surface area contributed by atoms with Crippen molar-refractivity contribution in [2.24, 2.45) is 0 Å². The summed E-state index contributed by atoms with van der Waals surface area (Å²) in [7, 11) is 0. The number of benzene rings is 1. The van der Waals surface area contributed by atoms with Crippen LogP contribution in [0.5, 0.6) is 0 Å². The van der Waals surface area contributed by atoms with E-state index in [0.717, 1.165) is 5.56 Å². The number of nitrogens with two attached hydrogens (primary N) is 1. The number of rotatable bonds is 1. The van der Waals surface area contributed by atoms with Crippen molar-refractivity contribution in [1.29, 1.82) is 0 Å². The molecule has 3 N–H and O–H groups in total. The number of nitrogens with one attached hydrogen (secondary N) is 1. The Hall–Kier alpha value is -1.51. The second kappa shape index (κ2) is 3.93. The number of carbonyl (C=O) groups is 1. The van der Waals surface area contributed by atoms with Crippen molar-refractivity contribution in [2.45, 2.75) is 33.2 Å². The van der Waals surface area contributed by atoms with Crippen LogP contribution in [0.3, 0.4) is 0 Å². The Morgan fingerprint density at radius 3 is 2.40 bits per heavy atom. The Kier molecular flexibility index (Phi) is 3.03. The molecule has 15 heavy (non-hydrogen) atoms. The van der Waals surface area contributed by atoms with Crippen molar-refractivity contribution in [3.8, 4) is 0 Å². The van der Waals surface area contributed by atoms with Gasteiger partial charge >= 0.3 is 0 Å². The van der Waals surface area contributed by atoms with E-state index in [0.29, 0.717) is 11.3 Å². The van der Waals surface area contributed by atoms with Crippen molar-refractivity contribution in [3.63, 3.8) is 0 Å². The number of anilines is 1. The lowest BCUT2D eigenvalue weighted by atomic mass is 10.1. The van der Waals surface area contributed by atoms with Gasteiger partial charge in [-0.3, -0.25) is 4.79 Å². The predicted octanol–water partition coefficient (Wildman–Crippen LogP) is 2.11. The zero-order chi connectivity index (χ0) is 11.6. The normalized spacial score (nSPS) is 11.2. The summed E-state index contributed by atoms with van der Waals surface area (Å²) in [5.74, 6) is -0.0887. The molecule has 0 fully saturated rings. The average Bonchev–Trinajstić information content (AvgIpc) is 2.06. The lowest BCUT2D eigenvalue weighted by molar-refractivity contribution is 0.0919. The molecule has 0 unspecified atom stereocenters. The van der Waals surface area contributed by atoms with E-state index in [1.165, 1.54) is 0 Å². The minimum Gasteiger partial charge on any atom is -0.398 e. The highest BCUT2D eigenvalue weighted by Crippen LogP contribution is 2.13. The monoisotopic (exact) mass is 206 g/mol. The van der Waals surface area contributed by atoms with E-state index in [2.05, 4.69) is 5.32 Å². The standard InChI is InChI=1S/C12H18N2O/c1-8-5-6-9(7-10(8)13)11(15)14-12(2,3)4/h5-7H,13H2,1-4H3,(H,14,15). The van der Waals surface area contributed by atoms with Crippen LogP contribution in [0, 0.1) is 6.92 Å². The van der Waals surface area contributed by atoms with E-state index in [4.69, 9.17) is 5.73 Å². The first-order chi connectivity index (χ1) is 6.79. The van der Waals surface area contributed by atoms with Crippen LogP contribution < -0.4 is 11.1 Å². The Bertz CT molecular complexity index is 378. The summed E-state index contributed by atoms with van der Waals surface area (Å²) in [5, 5.41) is 2.89. The number of nitrogen functional groups attached to an aromatic ring is 1. The van der Waals surface area contributed by atoms with Crippen molar-refractivity contribution < 1.29 is 4.79 Å². The third-order valence-corrected chi connectivity index (χ3v) is 2.03. The van der Waals surface area contributed by atoms with E-state index >= 15 is 0 Å². The molecular weight excluding hydrogens is 188 g/mol. The molecule has 82 valence electrons. The van der Waals surface area contributed by atoms with Gasteiger partial charge < -0.3 is 11.1 Å². The fourth-order valence-corrected chi connectivity index (χ4v) is 1.19. The molecule has 0 atom stereocenters. The summed E-state index contributed by atoms with van der Waals surface area (Å²) in [6.07, 6.45) is 0. The van der Waals surface area contributed by atoms with Gasteiger partial charge in [0.2, 0.25) is 0 Å². The molecule has 0 heterocycles. The summed E-state index contributed by atoms with van der Waals surface area (Å²) >= 11 is 0. The first-order valence-electron chi connectivity index (χ1n) is 4.98. The lowest BCUT2D eigenvalue weighted by Crippen LogP contribution is -2.40. The van der Waals surface area contributed by atoms with Gasteiger partial charge in [-0.1, -0.05) is 6.07 Å². The van der Waals surface area contributed by atoms with Crippen molar-refractivity contribution >= 4 is 11.6 Å². The maximum absolute atomic E-state index is 11.8. The maximum Gasteiger partial charge on any atom is 0.251 e. The summed E-state index contributed by atoms with van der Waals surface area (Å²) in [4.78, 5) is 11.8. The number of aryl methyl sites for hydroxylation is 1. The first kappa shape index (κ1) is 11.6. The quantitative estimate of drug-likeness (QED) is 0.691. The van der Waals surface area contributed by atoms with Gasteiger partial charge in [-0.2, -0.15) is 0 Å². The Morgan fingerprint density at radius 1 is 1.33 bits per heavy atom. The fraction of sp³-hybridized carbons (Fsp3) is 0.417. The molecule has 0 saturated heterocycles. The smallest absolute Gasteiger partial charge is 0.251 e. The third kappa shape index (κ3) is 3.27. The molecule has 1 aromatic carbocycles. The molecular formula is C12H18N2O. The highest BCUT2D eigenvalue weighted by molar-refractivity contribution is 5.95. The van der Waals surface area contributed by atoms with Crippen LogP contribution in [-0.2, 0) is 0 Å². The van der Waals surface area contributed by atoms with Gasteiger partial charge in [-0.05, 0) is 45.4 Å². The highest BCUT2D eigenvalue weighted by atomic mass is 16.1. The number of carbonyl (C=O) groups excluding carboxylic acids is 1. The van der Waals surface area contributed by atoms with Gasteiger partial charge in [-0.25, -0.2) is 0 Å². The van der Waals surface area contributed by atoms with E-state index in [-0.39, 0.29) is 11.4 Å². The number of amides is 1. The molecule has 3 heteroatoms. The molecule has 1 amide bonds.